The SMILES string of the molecule is Cc1cc(COO)ccc1NC(=O)C(O)CCl. The molecule has 5 nitrogen and oxygen atoms in total. The van der Waals surface area contributed by atoms with E-state index in [9.17, 15) is 9.90 Å². The van der Waals surface area contributed by atoms with Crippen LogP contribution in [0, 0.1) is 6.92 Å². The molecule has 0 spiro atoms. The number of hydrogen-bond donors (Lipinski definition) is 3. The summed E-state index contributed by atoms with van der Waals surface area (Å²) in [6.45, 7) is 1.88. The normalized spacial score (nSPS) is 12.2. The lowest BCUT2D eigenvalue weighted by Gasteiger charge is -2.11. The molecule has 0 bridgehead atoms. The molecule has 1 rings (SSSR count). The van der Waals surface area contributed by atoms with Gasteiger partial charge in [0.25, 0.3) is 5.91 Å². The second-order valence-corrected chi connectivity index (χ2v) is 3.89. The summed E-state index contributed by atoms with van der Waals surface area (Å²) in [6.07, 6.45) is -1.23. The van der Waals surface area contributed by atoms with Crippen LogP contribution in [0.15, 0.2) is 18.2 Å². The maximum atomic E-state index is 11.4. The average molecular weight is 260 g/mol. The van der Waals surface area contributed by atoms with E-state index in [1.165, 1.54) is 0 Å². The molecular weight excluding hydrogens is 246 g/mol. The molecule has 0 aliphatic rings. The first-order valence-corrected chi connectivity index (χ1v) is 5.52. The zero-order valence-corrected chi connectivity index (χ0v) is 10.1. The maximum Gasteiger partial charge on any atom is 0.254 e. The summed E-state index contributed by atoms with van der Waals surface area (Å²) in [5.41, 5.74) is 2.16. The molecule has 0 fully saturated rings. The first-order valence-electron chi connectivity index (χ1n) is 4.99. The predicted octanol–water partition coefficient (Wildman–Crippen LogP) is 1.52. The van der Waals surface area contributed by atoms with Crippen LogP contribution in [0.25, 0.3) is 0 Å². The van der Waals surface area contributed by atoms with Gasteiger partial charge in [-0.15, -0.1) is 11.6 Å². The van der Waals surface area contributed by atoms with Crippen LogP contribution in [0.5, 0.6) is 0 Å². The van der Waals surface area contributed by atoms with E-state index in [4.69, 9.17) is 16.9 Å². The van der Waals surface area contributed by atoms with Crippen molar-refractivity contribution in [1.29, 1.82) is 0 Å². The standard InChI is InChI=1S/C11H14ClNO4/c1-7-4-8(6-17-16)2-3-9(7)13-11(15)10(14)5-12/h2-4,10,14,16H,5-6H2,1H3,(H,13,15). The van der Waals surface area contributed by atoms with Crippen molar-refractivity contribution < 1.29 is 20.0 Å². The number of carbonyl (C=O) groups is 1. The van der Waals surface area contributed by atoms with Crippen molar-refractivity contribution in [2.75, 3.05) is 11.2 Å². The summed E-state index contributed by atoms with van der Waals surface area (Å²) in [5, 5.41) is 20.1. The molecule has 0 radical (unpaired) electrons. The number of aryl methyl sites for hydroxylation is 1. The molecular formula is C11H14ClNO4. The van der Waals surface area contributed by atoms with E-state index in [2.05, 4.69) is 10.2 Å². The molecule has 0 aromatic heterocycles. The average Bonchev–Trinajstić information content (AvgIpc) is 2.31. The summed E-state index contributed by atoms with van der Waals surface area (Å²) in [5.74, 6) is -0.698. The highest BCUT2D eigenvalue weighted by molar-refractivity contribution is 6.20. The molecule has 0 aliphatic heterocycles. The van der Waals surface area contributed by atoms with Gasteiger partial charge in [-0.3, -0.25) is 10.1 Å². The largest absolute Gasteiger partial charge is 0.382 e. The van der Waals surface area contributed by atoms with Crippen molar-refractivity contribution in [2.24, 2.45) is 0 Å². The summed E-state index contributed by atoms with van der Waals surface area (Å²) >= 11 is 5.36. The Balaban J connectivity index is 2.75. The number of hydrogen-bond acceptors (Lipinski definition) is 4. The Morgan fingerprint density at radius 2 is 2.29 bits per heavy atom. The Morgan fingerprint density at radius 3 is 2.82 bits per heavy atom. The van der Waals surface area contributed by atoms with E-state index in [1.807, 2.05) is 0 Å². The van der Waals surface area contributed by atoms with Gasteiger partial charge in [-0.05, 0) is 24.1 Å². The fraction of sp³-hybridized carbons (Fsp3) is 0.364. The van der Waals surface area contributed by atoms with Crippen LogP contribution < -0.4 is 5.32 Å². The third-order valence-corrected chi connectivity index (χ3v) is 2.52. The molecule has 1 atom stereocenters. The van der Waals surface area contributed by atoms with Crippen LogP contribution in [0.1, 0.15) is 11.1 Å². The van der Waals surface area contributed by atoms with Crippen LogP contribution >= 0.6 is 11.6 Å². The minimum Gasteiger partial charge on any atom is -0.382 e. The van der Waals surface area contributed by atoms with E-state index >= 15 is 0 Å². The first kappa shape index (κ1) is 13.9. The van der Waals surface area contributed by atoms with Gasteiger partial charge in [-0.2, -0.15) is 0 Å². The predicted molar refractivity (Wildman–Crippen MR) is 64.0 cm³/mol. The van der Waals surface area contributed by atoms with E-state index in [0.29, 0.717) is 5.69 Å². The number of halogens is 1. The zero-order chi connectivity index (χ0) is 12.8. The lowest BCUT2D eigenvalue weighted by molar-refractivity contribution is -0.253. The second kappa shape index (κ2) is 6.56. The highest BCUT2D eigenvalue weighted by atomic mass is 35.5. The Labute approximate surface area is 104 Å². The number of amides is 1. The lowest BCUT2D eigenvalue weighted by Crippen LogP contribution is -2.29. The third kappa shape index (κ3) is 3.98. The number of aliphatic hydroxyl groups is 1. The molecule has 1 aromatic carbocycles. The number of benzene rings is 1. The third-order valence-electron chi connectivity index (χ3n) is 2.23. The van der Waals surface area contributed by atoms with Crippen LogP contribution in [-0.2, 0) is 16.3 Å². The van der Waals surface area contributed by atoms with Crippen molar-refractivity contribution in [3.8, 4) is 0 Å². The maximum absolute atomic E-state index is 11.4. The number of rotatable bonds is 5. The minimum absolute atomic E-state index is 0.0827. The lowest BCUT2D eigenvalue weighted by atomic mass is 10.1. The molecule has 17 heavy (non-hydrogen) atoms. The number of nitrogens with one attached hydrogen (secondary N) is 1. The fourth-order valence-corrected chi connectivity index (χ4v) is 1.46. The Bertz CT molecular complexity index is 397. The Kier molecular flexibility index (Phi) is 5.37. The van der Waals surface area contributed by atoms with Crippen molar-refractivity contribution in [2.45, 2.75) is 19.6 Å². The minimum atomic E-state index is -1.23. The van der Waals surface area contributed by atoms with E-state index in [0.717, 1.165) is 11.1 Å². The topological polar surface area (TPSA) is 78.8 Å². The molecule has 0 saturated heterocycles. The van der Waals surface area contributed by atoms with Gasteiger partial charge in [-0.25, -0.2) is 4.89 Å². The molecule has 0 heterocycles. The number of anilines is 1. The quantitative estimate of drug-likeness (QED) is 0.426. The summed E-state index contributed by atoms with van der Waals surface area (Å²) in [4.78, 5) is 15.4. The van der Waals surface area contributed by atoms with Crippen LogP contribution in [0.2, 0.25) is 0 Å². The highest BCUT2D eigenvalue weighted by Crippen LogP contribution is 2.17. The van der Waals surface area contributed by atoms with Gasteiger partial charge in [0.2, 0.25) is 0 Å². The van der Waals surface area contributed by atoms with Crippen molar-refractivity contribution >= 4 is 23.2 Å². The molecule has 0 aliphatic carbocycles. The second-order valence-electron chi connectivity index (χ2n) is 3.58. The Hall–Kier alpha value is -1.14. The van der Waals surface area contributed by atoms with Gasteiger partial charge in [-0.1, -0.05) is 12.1 Å². The van der Waals surface area contributed by atoms with E-state index < -0.39 is 12.0 Å². The van der Waals surface area contributed by atoms with Gasteiger partial charge >= 0.3 is 0 Å². The van der Waals surface area contributed by atoms with Gasteiger partial charge < -0.3 is 10.4 Å². The monoisotopic (exact) mass is 259 g/mol. The number of carbonyl (C=O) groups excluding carboxylic acids is 1. The van der Waals surface area contributed by atoms with E-state index in [1.54, 1.807) is 25.1 Å². The van der Waals surface area contributed by atoms with Crippen LogP contribution in [0.3, 0.4) is 0 Å². The zero-order valence-electron chi connectivity index (χ0n) is 9.31. The Morgan fingerprint density at radius 1 is 1.59 bits per heavy atom. The van der Waals surface area contributed by atoms with Gasteiger partial charge in [0.1, 0.15) is 12.7 Å². The van der Waals surface area contributed by atoms with Crippen LogP contribution in [-0.4, -0.2) is 28.3 Å². The highest BCUT2D eigenvalue weighted by Gasteiger charge is 2.14. The van der Waals surface area contributed by atoms with Crippen molar-refractivity contribution in [3.05, 3.63) is 29.3 Å². The number of alkyl halides is 1. The fourth-order valence-electron chi connectivity index (χ4n) is 1.32. The van der Waals surface area contributed by atoms with Crippen LogP contribution in [0.4, 0.5) is 5.69 Å². The molecule has 1 amide bonds. The molecule has 3 N–H and O–H groups in total. The van der Waals surface area contributed by atoms with Crippen molar-refractivity contribution in [1.82, 2.24) is 0 Å². The summed E-state index contributed by atoms with van der Waals surface area (Å²) < 4.78 is 0. The summed E-state index contributed by atoms with van der Waals surface area (Å²) in [7, 11) is 0. The molecule has 6 heteroatoms. The van der Waals surface area contributed by atoms with Gasteiger partial charge in [0.05, 0.1) is 5.88 Å². The van der Waals surface area contributed by atoms with Gasteiger partial charge in [0, 0.05) is 5.69 Å². The van der Waals surface area contributed by atoms with Gasteiger partial charge in [0.15, 0.2) is 0 Å². The number of aliphatic hydroxyl groups excluding tert-OH is 1. The molecule has 0 saturated carbocycles. The molecule has 1 aromatic rings. The first-order chi connectivity index (χ1) is 8.08. The smallest absolute Gasteiger partial charge is 0.254 e. The molecule has 1 unspecified atom stereocenters. The van der Waals surface area contributed by atoms with E-state index in [-0.39, 0.29) is 12.5 Å². The van der Waals surface area contributed by atoms with Crippen molar-refractivity contribution in [3.63, 3.8) is 0 Å². The molecule has 94 valence electrons. The summed E-state index contributed by atoms with van der Waals surface area (Å²) in [6, 6.07) is 5.13.